The van der Waals surface area contributed by atoms with E-state index in [4.69, 9.17) is 11.6 Å². The predicted octanol–water partition coefficient (Wildman–Crippen LogP) is 5.60. The molecule has 0 fully saturated rings. The summed E-state index contributed by atoms with van der Waals surface area (Å²) >= 11 is 7.08. The lowest BCUT2D eigenvalue weighted by molar-refractivity contribution is 0.223. The molecule has 0 saturated carbocycles. The van der Waals surface area contributed by atoms with Gasteiger partial charge < -0.3 is 9.67 Å². The molecule has 0 unspecified atom stereocenters. The van der Waals surface area contributed by atoms with Crippen LogP contribution in [-0.2, 0) is 13.6 Å². The molecule has 2 rings (SSSR count). The summed E-state index contributed by atoms with van der Waals surface area (Å²) < 4.78 is 3.25. The molecule has 0 aliphatic heterocycles. The topological polar surface area (TPSA) is 92.9 Å². The van der Waals surface area contributed by atoms with E-state index < -0.39 is 17.4 Å². The van der Waals surface area contributed by atoms with Crippen LogP contribution in [0.5, 0.6) is 0 Å². The summed E-state index contributed by atoms with van der Waals surface area (Å²) in [5.74, 6) is 0.530. The van der Waals surface area contributed by atoms with E-state index in [-0.39, 0.29) is 5.88 Å². The SMILES string of the molecule is CCCCCCCCCCCCCCCCn1c(SC[C@H](O)CCl)nc2c1c(=O)[nH]c(=O)n2C. The number of aromatic nitrogens is 4. The molecule has 0 saturated heterocycles. The average Bonchev–Trinajstić information content (AvgIpc) is 3.20. The van der Waals surface area contributed by atoms with Crippen LogP contribution in [0.15, 0.2) is 14.7 Å². The van der Waals surface area contributed by atoms with Crippen molar-refractivity contribution in [2.24, 2.45) is 7.05 Å². The second-order valence-corrected chi connectivity index (χ2v) is 10.5. The standard InChI is InChI=1S/C25H43ClN4O3S/c1-3-4-5-6-7-8-9-10-11-12-13-14-15-16-17-30-21-22(29(2)24(33)28-23(21)32)27-25(30)34-19-20(31)18-26/h20,31H,3-19H2,1-2H3,(H,28,32,33)/t20-/m1/s1. The first kappa shape index (κ1) is 29.0. The molecule has 9 heteroatoms. The fourth-order valence-corrected chi connectivity index (χ4v) is 5.40. The van der Waals surface area contributed by atoms with Gasteiger partial charge in [0, 0.05) is 25.2 Å². The molecule has 0 aromatic carbocycles. The maximum Gasteiger partial charge on any atom is 0.329 e. The Bertz CT molecular complexity index is 956. The molecule has 0 amide bonds. The number of nitrogens with zero attached hydrogens (tertiary/aromatic N) is 3. The van der Waals surface area contributed by atoms with Crippen LogP contribution in [0, 0.1) is 0 Å². The molecular formula is C25H43ClN4O3S. The van der Waals surface area contributed by atoms with E-state index in [2.05, 4.69) is 16.9 Å². The van der Waals surface area contributed by atoms with Crippen molar-refractivity contribution in [2.75, 3.05) is 11.6 Å². The summed E-state index contributed by atoms with van der Waals surface area (Å²) in [4.78, 5) is 31.4. The van der Waals surface area contributed by atoms with Crippen molar-refractivity contribution in [3.05, 3.63) is 20.8 Å². The lowest BCUT2D eigenvalue weighted by Crippen LogP contribution is -2.29. The molecule has 2 aromatic heterocycles. The number of aliphatic hydroxyl groups is 1. The Morgan fingerprint density at radius 2 is 1.47 bits per heavy atom. The lowest BCUT2D eigenvalue weighted by Gasteiger charge is -2.10. The van der Waals surface area contributed by atoms with Gasteiger partial charge in [0.15, 0.2) is 16.3 Å². The Balaban J connectivity index is 1.76. The summed E-state index contributed by atoms with van der Waals surface area (Å²) in [5.41, 5.74) is -0.0988. The summed E-state index contributed by atoms with van der Waals surface area (Å²) in [7, 11) is 1.60. The third-order valence-corrected chi connectivity index (χ3v) is 7.77. The lowest BCUT2D eigenvalue weighted by atomic mass is 10.0. The van der Waals surface area contributed by atoms with Crippen LogP contribution < -0.4 is 11.2 Å². The molecule has 2 aromatic rings. The van der Waals surface area contributed by atoms with Crippen LogP contribution in [-0.4, -0.2) is 41.9 Å². The molecule has 194 valence electrons. The minimum atomic E-state index is -0.650. The van der Waals surface area contributed by atoms with Crippen LogP contribution in [0.2, 0.25) is 0 Å². The number of imidazole rings is 1. The Morgan fingerprint density at radius 3 is 2.00 bits per heavy atom. The minimum Gasteiger partial charge on any atom is -0.391 e. The first-order chi connectivity index (χ1) is 16.5. The van der Waals surface area contributed by atoms with Gasteiger partial charge in [-0.05, 0) is 6.42 Å². The molecule has 0 aliphatic carbocycles. The summed E-state index contributed by atoms with van der Waals surface area (Å²) in [5, 5.41) is 10.5. The van der Waals surface area contributed by atoms with E-state index in [1.807, 2.05) is 4.57 Å². The molecule has 2 heterocycles. The Morgan fingerprint density at radius 1 is 0.941 bits per heavy atom. The van der Waals surface area contributed by atoms with Gasteiger partial charge in [-0.25, -0.2) is 9.78 Å². The van der Waals surface area contributed by atoms with Crippen LogP contribution in [0.3, 0.4) is 0 Å². The predicted molar refractivity (Wildman–Crippen MR) is 143 cm³/mol. The van der Waals surface area contributed by atoms with Gasteiger partial charge in [0.25, 0.3) is 5.56 Å². The number of fused-ring (bicyclic) bond motifs is 1. The van der Waals surface area contributed by atoms with E-state index >= 15 is 0 Å². The summed E-state index contributed by atoms with van der Waals surface area (Å²) in [6, 6.07) is 0. The van der Waals surface area contributed by atoms with Crippen LogP contribution >= 0.6 is 23.4 Å². The number of nitrogens with one attached hydrogen (secondary N) is 1. The Kier molecular flexibility index (Phi) is 14.0. The number of alkyl halides is 1. The van der Waals surface area contributed by atoms with Crippen molar-refractivity contribution in [3.63, 3.8) is 0 Å². The third-order valence-electron chi connectivity index (χ3n) is 6.29. The number of aliphatic hydroxyl groups excluding tert-OH is 1. The molecule has 7 nitrogen and oxygen atoms in total. The maximum atomic E-state index is 12.5. The third kappa shape index (κ3) is 9.42. The van der Waals surface area contributed by atoms with Crippen molar-refractivity contribution in [2.45, 2.75) is 115 Å². The molecule has 0 aliphatic rings. The van der Waals surface area contributed by atoms with Gasteiger partial charge in [0.1, 0.15) is 0 Å². The highest BCUT2D eigenvalue weighted by Crippen LogP contribution is 2.23. The van der Waals surface area contributed by atoms with Crippen molar-refractivity contribution in [1.29, 1.82) is 0 Å². The highest BCUT2D eigenvalue weighted by molar-refractivity contribution is 7.99. The molecule has 2 N–H and O–H groups in total. The molecule has 1 atom stereocenters. The fraction of sp³-hybridized carbons (Fsp3) is 0.800. The van der Waals surface area contributed by atoms with Crippen molar-refractivity contribution in [3.8, 4) is 0 Å². The first-order valence-electron chi connectivity index (χ1n) is 13.1. The maximum absolute atomic E-state index is 12.5. The van der Waals surface area contributed by atoms with Crippen molar-refractivity contribution < 1.29 is 5.11 Å². The number of hydrogen-bond donors (Lipinski definition) is 2. The zero-order valence-corrected chi connectivity index (χ0v) is 22.6. The quantitative estimate of drug-likeness (QED) is 0.145. The number of rotatable bonds is 19. The van der Waals surface area contributed by atoms with Gasteiger partial charge in [-0.1, -0.05) is 102 Å². The van der Waals surface area contributed by atoms with Gasteiger partial charge in [-0.15, -0.1) is 11.6 Å². The van der Waals surface area contributed by atoms with Gasteiger partial charge in [-0.2, -0.15) is 0 Å². The van der Waals surface area contributed by atoms with Crippen molar-refractivity contribution in [1.82, 2.24) is 19.1 Å². The van der Waals surface area contributed by atoms with Crippen molar-refractivity contribution >= 4 is 34.5 Å². The number of halogens is 1. The number of hydrogen-bond acceptors (Lipinski definition) is 5. The molecular weight excluding hydrogens is 472 g/mol. The summed E-state index contributed by atoms with van der Waals surface area (Å²) in [6.45, 7) is 2.92. The van der Waals surface area contributed by atoms with Crippen LogP contribution in [0.1, 0.15) is 96.8 Å². The average molecular weight is 515 g/mol. The Labute approximate surface area is 212 Å². The zero-order chi connectivity index (χ0) is 24.8. The largest absolute Gasteiger partial charge is 0.391 e. The molecule has 0 spiro atoms. The van der Waals surface area contributed by atoms with Gasteiger partial charge in [0.2, 0.25) is 0 Å². The molecule has 0 radical (unpaired) electrons. The zero-order valence-electron chi connectivity index (χ0n) is 21.0. The number of aromatic amines is 1. The smallest absolute Gasteiger partial charge is 0.329 e. The number of H-pyrrole nitrogens is 1. The Hall–Kier alpha value is -1.25. The van der Waals surface area contributed by atoms with E-state index in [0.717, 1.165) is 12.8 Å². The normalized spacial score (nSPS) is 12.6. The second-order valence-electron chi connectivity index (χ2n) is 9.25. The fourth-order valence-electron chi connectivity index (χ4n) is 4.21. The number of unbranched alkanes of at least 4 members (excludes halogenated alkanes) is 13. The highest BCUT2D eigenvalue weighted by atomic mass is 35.5. The second kappa shape index (κ2) is 16.4. The minimum absolute atomic E-state index is 0.144. The molecule has 34 heavy (non-hydrogen) atoms. The van der Waals surface area contributed by atoms with Crippen LogP contribution in [0.25, 0.3) is 11.2 Å². The van der Waals surface area contributed by atoms with E-state index in [9.17, 15) is 14.7 Å². The van der Waals surface area contributed by atoms with E-state index in [0.29, 0.717) is 28.6 Å². The number of thioether (sulfide) groups is 1. The molecule has 0 bridgehead atoms. The van der Waals surface area contributed by atoms with Gasteiger partial charge in [0.05, 0.1) is 6.10 Å². The van der Waals surface area contributed by atoms with Gasteiger partial charge in [-0.3, -0.25) is 14.3 Å². The van der Waals surface area contributed by atoms with E-state index in [1.165, 1.54) is 93.4 Å². The first-order valence-corrected chi connectivity index (χ1v) is 14.6. The number of aryl methyl sites for hydroxylation is 2. The van der Waals surface area contributed by atoms with E-state index in [1.54, 1.807) is 7.05 Å². The highest BCUT2D eigenvalue weighted by Gasteiger charge is 2.18. The van der Waals surface area contributed by atoms with Gasteiger partial charge >= 0.3 is 5.69 Å². The summed E-state index contributed by atoms with van der Waals surface area (Å²) in [6.07, 6.45) is 17.4. The monoisotopic (exact) mass is 514 g/mol. The van der Waals surface area contributed by atoms with Crippen LogP contribution in [0.4, 0.5) is 0 Å².